The summed E-state index contributed by atoms with van der Waals surface area (Å²) in [6.45, 7) is 2.19. The molecule has 100 valence electrons. The van der Waals surface area contributed by atoms with Crippen LogP contribution in [-0.4, -0.2) is 0 Å². The molecule has 0 amide bonds. The van der Waals surface area contributed by atoms with E-state index < -0.39 is 0 Å². The number of hydrogen-bond acceptors (Lipinski definition) is 1. The molecule has 1 heteroatoms. The molecule has 1 nitrogen and oxygen atoms in total. The monoisotopic (exact) mass is 269 g/mol. The molecule has 21 heavy (non-hydrogen) atoms. The van der Waals surface area contributed by atoms with Crippen LogP contribution in [0.25, 0.3) is 5.57 Å². The van der Waals surface area contributed by atoms with Crippen molar-refractivity contribution in [1.29, 1.82) is 0 Å². The molecule has 3 aliphatic carbocycles. The molecule has 0 unspecified atom stereocenters. The molecule has 0 atom stereocenters. The van der Waals surface area contributed by atoms with Crippen molar-refractivity contribution in [2.45, 2.75) is 19.8 Å². The Kier molecular flexibility index (Phi) is 2.05. The highest BCUT2D eigenvalue weighted by Gasteiger charge is 2.28. The van der Waals surface area contributed by atoms with E-state index >= 15 is 0 Å². The first-order valence-electron chi connectivity index (χ1n) is 7.53. The van der Waals surface area contributed by atoms with Crippen LogP contribution < -0.4 is 10.6 Å². The predicted octanol–water partition coefficient (Wildman–Crippen LogP) is 3.19. The standard InChI is InChI=1S/C20H15N/c1-12-5-4-8-18-20(12)17-11-16-14(10-19(17)21-18)9-13-6-2-3-7-15(13)16/h2,4-10H,3,11H2,1H3. The fourth-order valence-electron chi connectivity index (χ4n) is 3.83. The van der Waals surface area contributed by atoms with Crippen LogP contribution in [0.4, 0.5) is 0 Å². The molecule has 0 N–H and O–H groups in total. The van der Waals surface area contributed by atoms with Crippen molar-refractivity contribution in [3.63, 3.8) is 0 Å². The Morgan fingerprint density at radius 3 is 3.00 bits per heavy atom. The minimum Gasteiger partial charge on any atom is -0.248 e. The van der Waals surface area contributed by atoms with E-state index in [1.807, 2.05) is 0 Å². The lowest BCUT2D eigenvalue weighted by atomic mass is 9.87. The third kappa shape index (κ3) is 1.43. The van der Waals surface area contributed by atoms with Gasteiger partial charge in [0.2, 0.25) is 0 Å². The van der Waals surface area contributed by atoms with Crippen molar-refractivity contribution in [2.75, 3.05) is 0 Å². The maximum absolute atomic E-state index is 4.84. The van der Waals surface area contributed by atoms with E-state index in [4.69, 9.17) is 4.99 Å². The lowest BCUT2D eigenvalue weighted by molar-refractivity contribution is 1.16. The van der Waals surface area contributed by atoms with Crippen molar-refractivity contribution in [1.82, 2.24) is 0 Å². The lowest BCUT2D eigenvalue weighted by Crippen LogP contribution is -2.26. The molecule has 1 aromatic rings. The van der Waals surface area contributed by atoms with Crippen LogP contribution in [0.1, 0.15) is 18.4 Å². The first kappa shape index (κ1) is 11.3. The highest BCUT2D eigenvalue weighted by Crippen LogP contribution is 2.43. The van der Waals surface area contributed by atoms with E-state index in [1.165, 1.54) is 38.6 Å². The zero-order valence-corrected chi connectivity index (χ0v) is 12.0. The Balaban J connectivity index is 1.76. The van der Waals surface area contributed by atoms with Gasteiger partial charge in [0.05, 0.1) is 11.1 Å². The van der Waals surface area contributed by atoms with Crippen molar-refractivity contribution in [3.8, 4) is 0 Å². The van der Waals surface area contributed by atoms with Crippen LogP contribution >= 0.6 is 0 Å². The Morgan fingerprint density at radius 2 is 2.05 bits per heavy atom. The number of hydrogen-bond donors (Lipinski definition) is 0. The Morgan fingerprint density at radius 1 is 1.10 bits per heavy atom. The molecule has 1 aromatic carbocycles. The molecule has 5 rings (SSSR count). The quantitative estimate of drug-likeness (QED) is 0.686. The second kappa shape index (κ2) is 3.82. The summed E-state index contributed by atoms with van der Waals surface area (Å²) in [5.74, 6) is 0. The van der Waals surface area contributed by atoms with E-state index in [2.05, 4.69) is 55.5 Å². The summed E-state index contributed by atoms with van der Waals surface area (Å²) in [5.41, 5.74) is 9.56. The molecular formula is C20H15N. The van der Waals surface area contributed by atoms with Gasteiger partial charge in [0.1, 0.15) is 0 Å². The van der Waals surface area contributed by atoms with Crippen LogP contribution in [0, 0.1) is 6.92 Å². The van der Waals surface area contributed by atoms with Crippen molar-refractivity contribution in [2.24, 2.45) is 4.99 Å². The second-order valence-electron chi connectivity index (χ2n) is 6.06. The highest BCUT2D eigenvalue weighted by atomic mass is 14.8. The van der Waals surface area contributed by atoms with Gasteiger partial charge < -0.3 is 0 Å². The van der Waals surface area contributed by atoms with Gasteiger partial charge in [0.15, 0.2) is 0 Å². The second-order valence-corrected chi connectivity index (χ2v) is 6.06. The Bertz CT molecular complexity index is 975. The van der Waals surface area contributed by atoms with Gasteiger partial charge in [-0.3, -0.25) is 0 Å². The van der Waals surface area contributed by atoms with Gasteiger partial charge in [0, 0.05) is 11.6 Å². The molecule has 0 spiro atoms. The zero-order valence-electron chi connectivity index (χ0n) is 12.0. The van der Waals surface area contributed by atoms with Gasteiger partial charge in [-0.1, -0.05) is 30.4 Å². The molecule has 0 radical (unpaired) electrons. The van der Waals surface area contributed by atoms with Gasteiger partial charge in [-0.15, -0.1) is 0 Å². The summed E-state index contributed by atoms with van der Waals surface area (Å²) >= 11 is 0. The molecular weight excluding hydrogens is 254 g/mol. The molecule has 0 saturated heterocycles. The predicted molar refractivity (Wildman–Crippen MR) is 85.0 cm³/mol. The summed E-state index contributed by atoms with van der Waals surface area (Å²) in [4.78, 5) is 4.84. The summed E-state index contributed by atoms with van der Waals surface area (Å²) in [6, 6.07) is 6.42. The molecule has 0 fully saturated rings. The van der Waals surface area contributed by atoms with Crippen molar-refractivity contribution in [3.05, 3.63) is 92.7 Å². The number of benzene rings is 1. The van der Waals surface area contributed by atoms with Crippen LogP contribution in [0.5, 0.6) is 0 Å². The molecule has 1 aliphatic heterocycles. The van der Waals surface area contributed by atoms with Gasteiger partial charge in [-0.25, -0.2) is 4.99 Å². The van der Waals surface area contributed by atoms with Gasteiger partial charge in [-0.2, -0.15) is 0 Å². The minimum absolute atomic E-state index is 1.02. The van der Waals surface area contributed by atoms with Crippen LogP contribution in [0.15, 0.2) is 81.6 Å². The summed E-state index contributed by atoms with van der Waals surface area (Å²) in [7, 11) is 0. The fourth-order valence-corrected chi connectivity index (χ4v) is 3.83. The first-order chi connectivity index (χ1) is 10.3. The molecule has 4 aliphatic rings. The van der Waals surface area contributed by atoms with E-state index in [1.54, 1.807) is 0 Å². The average molecular weight is 269 g/mol. The smallest absolute Gasteiger partial charge is 0.0715 e. The van der Waals surface area contributed by atoms with Crippen molar-refractivity contribution < 1.29 is 0 Å². The lowest BCUT2D eigenvalue weighted by Gasteiger charge is -2.17. The molecule has 0 bridgehead atoms. The SMILES string of the molecule is Cc1cccc2c1=C1CC3=C(C=C4C=CCC=C43)C=C1N=2. The van der Waals surface area contributed by atoms with E-state index in [9.17, 15) is 0 Å². The first-order valence-corrected chi connectivity index (χ1v) is 7.53. The maximum Gasteiger partial charge on any atom is 0.0715 e. The Hall–Kier alpha value is -2.41. The van der Waals surface area contributed by atoms with E-state index in [0.29, 0.717) is 0 Å². The maximum atomic E-state index is 4.84. The van der Waals surface area contributed by atoms with Crippen LogP contribution in [0.2, 0.25) is 0 Å². The minimum atomic E-state index is 1.02. The molecule has 1 heterocycles. The molecule has 0 aromatic heterocycles. The summed E-state index contributed by atoms with van der Waals surface area (Å²) in [5, 5.41) is 2.50. The largest absolute Gasteiger partial charge is 0.248 e. The van der Waals surface area contributed by atoms with E-state index in [0.717, 1.165) is 23.9 Å². The number of fused-ring (bicyclic) bond motifs is 4. The summed E-state index contributed by atoms with van der Waals surface area (Å²) < 4.78 is 0. The van der Waals surface area contributed by atoms with Crippen LogP contribution in [-0.2, 0) is 0 Å². The Labute approximate surface area is 123 Å². The zero-order chi connectivity index (χ0) is 14.0. The number of rotatable bonds is 0. The normalized spacial score (nSPS) is 21.0. The van der Waals surface area contributed by atoms with E-state index in [-0.39, 0.29) is 0 Å². The highest BCUT2D eigenvalue weighted by molar-refractivity contribution is 5.80. The fraction of sp³-hybridized carbons (Fsp3) is 0.150. The number of nitrogens with zero attached hydrogens (tertiary/aromatic N) is 1. The van der Waals surface area contributed by atoms with Gasteiger partial charge in [0.25, 0.3) is 0 Å². The van der Waals surface area contributed by atoms with Gasteiger partial charge in [-0.05, 0) is 65.0 Å². The summed E-state index contributed by atoms with van der Waals surface area (Å²) in [6.07, 6.45) is 13.5. The molecule has 0 saturated carbocycles. The third-order valence-electron chi connectivity index (χ3n) is 4.80. The van der Waals surface area contributed by atoms with Crippen molar-refractivity contribution >= 4 is 5.57 Å². The van der Waals surface area contributed by atoms with Crippen LogP contribution in [0.3, 0.4) is 0 Å². The number of aryl methyl sites for hydroxylation is 1. The number of allylic oxidation sites excluding steroid dienone is 10. The average Bonchev–Trinajstić information content (AvgIpc) is 3.02. The van der Waals surface area contributed by atoms with Gasteiger partial charge >= 0.3 is 0 Å². The third-order valence-corrected chi connectivity index (χ3v) is 4.80. The topological polar surface area (TPSA) is 12.4 Å².